The first-order valence-corrected chi connectivity index (χ1v) is 13.9. The van der Waals surface area contributed by atoms with Gasteiger partial charge < -0.3 is 5.11 Å². The summed E-state index contributed by atoms with van der Waals surface area (Å²) in [4.78, 5) is 49.9. The van der Waals surface area contributed by atoms with Crippen LogP contribution in [0.25, 0.3) is 0 Å². The number of carbonyl (C=O) groups excluding carboxylic acids is 4. The molecule has 3 fully saturated rings. The molecule has 0 unspecified atom stereocenters. The molecule has 7 nitrogen and oxygen atoms in total. The Hall–Kier alpha value is -3.51. The predicted molar refractivity (Wildman–Crippen MR) is 142 cm³/mol. The summed E-state index contributed by atoms with van der Waals surface area (Å²) in [6.45, 7) is 3.09. The summed E-state index contributed by atoms with van der Waals surface area (Å²) in [5, 5.41) is 10.4. The monoisotopic (exact) mass is 642 g/mol. The van der Waals surface area contributed by atoms with Gasteiger partial charge in [-0.3, -0.25) is 24.1 Å². The largest absolute Gasteiger partial charge is 0.507 e. The number of amides is 4. The highest BCUT2D eigenvalue weighted by Gasteiger charge is 2.77. The zero-order valence-corrected chi connectivity index (χ0v) is 24.1. The first-order valence-electron chi connectivity index (χ1n) is 13.1. The molecule has 1 N–H and O–H groups in total. The molecule has 4 amide bonds. The molecule has 0 aromatic heterocycles. The van der Waals surface area contributed by atoms with Gasteiger partial charge in [-0.1, -0.05) is 23.8 Å². The second-order valence-electron chi connectivity index (χ2n) is 11.4. The summed E-state index contributed by atoms with van der Waals surface area (Å²) < 4.78 is 72.5. The van der Waals surface area contributed by atoms with Crippen molar-refractivity contribution in [1.82, 2.24) is 4.90 Å². The second-order valence-corrected chi connectivity index (χ2v) is 12.7. The van der Waals surface area contributed by atoms with E-state index >= 15 is 8.78 Å². The van der Waals surface area contributed by atoms with Gasteiger partial charge in [-0.05, 0) is 49.3 Å². The fraction of sp³-hybridized carbons (Fsp3) is 0.379. The van der Waals surface area contributed by atoms with Crippen molar-refractivity contribution in [3.63, 3.8) is 0 Å². The van der Waals surface area contributed by atoms with E-state index in [1.807, 2.05) is 0 Å². The van der Waals surface area contributed by atoms with E-state index in [1.54, 1.807) is 19.9 Å². The summed E-state index contributed by atoms with van der Waals surface area (Å²) >= 11 is 14.1. The van der Waals surface area contributed by atoms with Crippen molar-refractivity contribution in [3.05, 3.63) is 69.6 Å². The van der Waals surface area contributed by atoms with Crippen LogP contribution in [-0.4, -0.2) is 50.4 Å². The standard InChI is InChI=1S/C29H21Cl2F5N2O5/c1-9-6-11(7-10(2)23(9)39)16-12-4-5-13-15(25(41)37(3)24(13)40)14(12)8-28(30)26(42)38(27(43)29(16,28)31)22-20(35)18(33)17(32)19(34)21(22)36/h4,6-7,13-16,39H,5,8H2,1-3H3/t13-,14+,15-,16-,28+,29-/m0/s1. The third-order valence-electron chi connectivity index (χ3n) is 9.29. The Balaban J connectivity index is 1.63. The number of fused-ring (bicyclic) bond motifs is 4. The van der Waals surface area contributed by atoms with E-state index in [4.69, 9.17) is 23.2 Å². The summed E-state index contributed by atoms with van der Waals surface area (Å²) in [5.74, 6) is -20.6. The Morgan fingerprint density at radius 2 is 1.37 bits per heavy atom. The molecular formula is C29H21Cl2F5N2O5. The molecule has 1 saturated carbocycles. The average Bonchev–Trinajstić information content (AvgIpc) is 3.27. The molecule has 14 heteroatoms. The zero-order chi connectivity index (χ0) is 31.7. The summed E-state index contributed by atoms with van der Waals surface area (Å²) in [6.07, 6.45) is 1.10. The van der Waals surface area contributed by atoms with E-state index in [-0.39, 0.29) is 22.6 Å². The van der Waals surface area contributed by atoms with Crippen LogP contribution in [-0.2, 0) is 19.2 Å². The molecule has 226 valence electrons. The van der Waals surface area contributed by atoms with Gasteiger partial charge >= 0.3 is 0 Å². The van der Waals surface area contributed by atoms with Gasteiger partial charge in [0.15, 0.2) is 33.0 Å². The van der Waals surface area contributed by atoms with Crippen molar-refractivity contribution < 1.29 is 46.2 Å². The lowest BCUT2D eigenvalue weighted by Gasteiger charge is -2.50. The van der Waals surface area contributed by atoms with Crippen molar-refractivity contribution in [1.29, 1.82) is 0 Å². The number of allylic oxidation sites excluding steroid dienone is 2. The lowest BCUT2D eigenvalue weighted by Crippen LogP contribution is -2.60. The van der Waals surface area contributed by atoms with Crippen LogP contribution in [0.15, 0.2) is 23.8 Å². The van der Waals surface area contributed by atoms with Gasteiger partial charge in [-0.15, -0.1) is 23.2 Å². The zero-order valence-electron chi connectivity index (χ0n) is 22.6. The average molecular weight is 643 g/mol. The Bertz CT molecular complexity index is 1700. The number of aromatic hydroxyl groups is 1. The number of halogens is 7. The molecule has 0 radical (unpaired) electrons. The van der Waals surface area contributed by atoms with Crippen LogP contribution in [0.1, 0.15) is 35.4 Å². The van der Waals surface area contributed by atoms with Crippen LogP contribution in [0.5, 0.6) is 5.75 Å². The van der Waals surface area contributed by atoms with E-state index in [0.717, 1.165) is 4.90 Å². The van der Waals surface area contributed by atoms with Crippen LogP contribution >= 0.6 is 23.2 Å². The number of benzene rings is 2. The number of imide groups is 2. The van der Waals surface area contributed by atoms with Gasteiger partial charge in [-0.25, -0.2) is 26.9 Å². The molecule has 2 saturated heterocycles. The van der Waals surface area contributed by atoms with Crippen LogP contribution in [0, 0.1) is 60.7 Å². The van der Waals surface area contributed by atoms with Crippen molar-refractivity contribution in [3.8, 4) is 5.75 Å². The van der Waals surface area contributed by atoms with E-state index in [0.29, 0.717) is 16.7 Å². The van der Waals surface area contributed by atoms with Gasteiger partial charge in [0.05, 0.1) is 11.8 Å². The Kier molecular flexibility index (Phi) is 6.36. The van der Waals surface area contributed by atoms with Gasteiger partial charge in [0.2, 0.25) is 17.6 Å². The maximum Gasteiger partial charge on any atom is 0.258 e. The molecule has 2 aliphatic heterocycles. The molecule has 0 bridgehead atoms. The SMILES string of the molecule is Cc1cc([C@H]2C3=CC[C@@H]4C(=O)N(C)C(=O)[C@@H]4[C@@H]3C[C@@]3(Cl)C(=O)N(c4c(F)c(F)c(F)c(F)c4F)C(=O)[C@@]23Cl)cc(C)c1O. The smallest absolute Gasteiger partial charge is 0.258 e. The highest BCUT2D eigenvalue weighted by molar-refractivity contribution is 6.58. The first-order chi connectivity index (χ1) is 20.0. The predicted octanol–water partition coefficient (Wildman–Crippen LogP) is 4.90. The molecule has 2 aromatic rings. The maximum atomic E-state index is 15.0. The third-order valence-corrected chi connectivity index (χ3v) is 10.7. The number of likely N-dealkylation sites (tertiary alicyclic amines) is 1. The molecule has 6 rings (SSSR count). The molecule has 6 atom stereocenters. The van der Waals surface area contributed by atoms with Crippen LogP contribution < -0.4 is 4.90 Å². The fourth-order valence-corrected chi connectivity index (χ4v) is 8.19. The van der Waals surface area contributed by atoms with Gasteiger partial charge in [0.25, 0.3) is 11.8 Å². The maximum absolute atomic E-state index is 15.0. The van der Waals surface area contributed by atoms with Crippen molar-refractivity contribution in [2.75, 3.05) is 11.9 Å². The number of carbonyl (C=O) groups is 4. The number of rotatable bonds is 2. The van der Waals surface area contributed by atoms with E-state index in [2.05, 4.69) is 0 Å². The summed E-state index contributed by atoms with van der Waals surface area (Å²) in [5.41, 5.74) is -0.611. The van der Waals surface area contributed by atoms with Gasteiger partial charge in [0, 0.05) is 13.0 Å². The topological polar surface area (TPSA) is 95.0 Å². The molecule has 2 aliphatic carbocycles. The van der Waals surface area contributed by atoms with Gasteiger partial charge in [-0.2, -0.15) is 0 Å². The number of anilines is 1. The molecule has 2 heterocycles. The number of phenols is 1. The highest BCUT2D eigenvalue weighted by atomic mass is 35.5. The highest BCUT2D eigenvalue weighted by Crippen LogP contribution is 2.66. The van der Waals surface area contributed by atoms with Crippen molar-refractivity contribution >= 4 is 52.5 Å². The minimum Gasteiger partial charge on any atom is -0.507 e. The summed E-state index contributed by atoms with van der Waals surface area (Å²) in [7, 11) is 1.30. The Morgan fingerprint density at radius 1 is 0.837 bits per heavy atom. The van der Waals surface area contributed by atoms with Gasteiger partial charge in [0.1, 0.15) is 11.4 Å². The number of aryl methyl sites for hydroxylation is 2. The quantitative estimate of drug-likeness (QED) is 0.126. The Morgan fingerprint density at radius 3 is 1.93 bits per heavy atom. The molecule has 4 aliphatic rings. The number of phenolic OH excluding ortho intramolecular Hbond substituents is 1. The van der Waals surface area contributed by atoms with E-state index in [1.165, 1.54) is 19.2 Å². The minimum absolute atomic E-state index is 0.0592. The van der Waals surface area contributed by atoms with Crippen molar-refractivity contribution in [2.24, 2.45) is 17.8 Å². The lowest BCUT2D eigenvalue weighted by atomic mass is 9.56. The van der Waals surface area contributed by atoms with E-state index in [9.17, 15) is 37.5 Å². The van der Waals surface area contributed by atoms with Crippen molar-refractivity contribution in [2.45, 2.75) is 42.4 Å². The molecule has 0 spiro atoms. The fourth-order valence-electron chi connectivity index (χ4n) is 7.25. The first kappa shape index (κ1) is 29.6. The number of nitrogens with zero attached hydrogens (tertiary/aromatic N) is 2. The minimum atomic E-state index is -2.60. The second kappa shape index (κ2) is 9.25. The number of hydrogen-bond donors (Lipinski definition) is 1. The van der Waals surface area contributed by atoms with Crippen LogP contribution in [0.2, 0.25) is 0 Å². The van der Waals surface area contributed by atoms with Crippen LogP contribution in [0.3, 0.4) is 0 Å². The lowest BCUT2D eigenvalue weighted by molar-refractivity contribution is -0.138. The third kappa shape index (κ3) is 3.47. The number of hydrogen-bond acceptors (Lipinski definition) is 5. The summed E-state index contributed by atoms with van der Waals surface area (Å²) in [6, 6.07) is 2.91. The normalized spacial score (nSPS) is 31.8. The molecule has 43 heavy (non-hydrogen) atoms. The Labute approximate surface area is 250 Å². The van der Waals surface area contributed by atoms with Crippen LogP contribution in [0.4, 0.5) is 27.6 Å². The molecular weight excluding hydrogens is 622 g/mol. The van der Waals surface area contributed by atoms with E-state index < -0.39 is 98.2 Å². The molecule has 2 aromatic carbocycles. The number of alkyl halides is 2.